The van der Waals surface area contributed by atoms with Gasteiger partial charge in [-0.1, -0.05) is 47.7 Å². The van der Waals surface area contributed by atoms with Gasteiger partial charge in [-0.05, 0) is 44.9 Å². The fourth-order valence-corrected chi connectivity index (χ4v) is 4.23. The number of hydrogen-bond acceptors (Lipinski definition) is 5. The van der Waals surface area contributed by atoms with E-state index < -0.39 is 0 Å². The molecule has 1 atom stereocenters. The van der Waals surface area contributed by atoms with E-state index in [9.17, 15) is 4.79 Å². The first-order valence-electron chi connectivity index (χ1n) is 9.78. The van der Waals surface area contributed by atoms with Crippen LogP contribution in [0.4, 0.5) is 0 Å². The third-order valence-corrected chi connectivity index (χ3v) is 6.11. The first-order valence-corrected chi connectivity index (χ1v) is 10.7. The van der Waals surface area contributed by atoms with E-state index in [4.69, 9.17) is 4.98 Å². The summed E-state index contributed by atoms with van der Waals surface area (Å²) in [7, 11) is 0. The maximum atomic E-state index is 12.5. The molecule has 1 saturated carbocycles. The van der Waals surface area contributed by atoms with Crippen LogP contribution < -0.4 is 5.32 Å². The molecule has 2 aromatic carbocycles. The molecule has 4 aromatic rings. The van der Waals surface area contributed by atoms with E-state index in [0.717, 1.165) is 46.3 Å². The van der Waals surface area contributed by atoms with Gasteiger partial charge in [0.2, 0.25) is 5.91 Å². The molecule has 7 heteroatoms. The number of thioether (sulfide) groups is 1. The number of nitrogens with one attached hydrogen (secondary N) is 1. The normalized spacial score (nSPS) is 15.0. The van der Waals surface area contributed by atoms with Gasteiger partial charge in [0.05, 0.1) is 10.8 Å². The van der Waals surface area contributed by atoms with Crippen molar-refractivity contribution in [1.82, 2.24) is 24.9 Å². The number of amides is 1. The average Bonchev–Trinajstić information content (AvgIpc) is 3.44. The molecule has 0 unspecified atom stereocenters. The largest absolute Gasteiger partial charge is 0.352 e. The van der Waals surface area contributed by atoms with Gasteiger partial charge in [0.15, 0.2) is 10.8 Å². The Morgan fingerprint density at radius 3 is 2.79 bits per heavy atom. The summed E-state index contributed by atoms with van der Waals surface area (Å²) in [6.45, 7) is 3.97. The van der Waals surface area contributed by atoms with Crippen LogP contribution in [-0.4, -0.2) is 36.8 Å². The minimum atomic E-state index is -0.264. The second-order valence-corrected chi connectivity index (χ2v) is 8.81. The van der Waals surface area contributed by atoms with Crippen LogP contribution in [0.2, 0.25) is 0 Å². The SMILES string of the molecule is Cc1cccc(-c2nc3ccccc3c3nnc(S[C@H](C)C(=O)NC4CC4)n23)c1. The van der Waals surface area contributed by atoms with E-state index in [0.29, 0.717) is 11.2 Å². The molecular weight excluding hydrogens is 382 g/mol. The van der Waals surface area contributed by atoms with Gasteiger partial charge in [0.25, 0.3) is 0 Å². The number of hydrogen-bond donors (Lipinski definition) is 1. The van der Waals surface area contributed by atoms with Crippen molar-refractivity contribution in [3.8, 4) is 11.4 Å². The summed E-state index contributed by atoms with van der Waals surface area (Å²) in [5.74, 6) is 0.824. The number of carbonyl (C=O) groups is 1. The quantitative estimate of drug-likeness (QED) is 0.510. The Labute approximate surface area is 172 Å². The van der Waals surface area contributed by atoms with Crippen molar-refractivity contribution >= 4 is 34.2 Å². The molecular formula is C22H21N5OS. The number of aromatic nitrogens is 4. The van der Waals surface area contributed by atoms with Crippen molar-refractivity contribution in [2.75, 3.05) is 0 Å². The van der Waals surface area contributed by atoms with E-state index in [-0.39, 0.29) is 11.2 Å². The molecule has 1 amide bonds. The monoisotopic (exact) mass is 403 g/mol. The van der Waals surface area contributed by atoms with Crippen LogP contribution in [0.15, 0.2) is 53.7 Å². The molecule has 0 radical (unpaired) electrons. The molecule has 1 aliphatic carbocycles. The summed E-state index contributed by atoms with van der Waals surface area (Å²) < 4.78 is 1.97. The summed E-state index contributed by atoms with van der Waals surface area (Å²) in [5, 5.41) is 13.3. The third kappa shape index (κ3) is 3.46. The highest BCUT2D eigenvalue weighted by Gasteiger charge is 2.27. The molecule has 0 saturated heterocycles. The highest BCUT2D eigenvalue weighted by molar-refractivity contribution is 8.00. The van der Waals surface area contributed by atoms with Gasteiger partial charge in [-0.15, -0.1) is 10.2 Å². The van der Waals surface area contributed by atoms with E-state index >= 15 is 0 Å². The van der Waals surface area contributed by atoms with E-state index in [1.54, 1.807) is 0 Å². The van der Waals surface area contributed by atoms with E-state index in [1.165, 1.54) is 11.8 Å². The molecule has 146 valence electrons. The molecule has 29 heavy (non-hydrogen) atoms. The van der Waals surface area contributed by atoms with Gasteiger partial charge in [-0.25, -0.2) is 4.98 Å². The number of nitrogens with zero attached hydrogens (tertiary/aromatic N) is 4. The Kier molecular flexibility index (Phi) is 4.47. The zero-order valence-corrected chi connectivity index (χ0v) is 17.1. The van der Waals surface area contributed by atoms with Crippen LogP contribution >= 0.6 is 11.8 Å². The summed E-state index contributed by atoms with van der Waals surface area (Å²) >= 11 is 1.42. The van der Waals surface area contributed by atoms with Crippen molar-refractivity contribution in [2.24, 2.45) is 0 Å². The zero-order chi connectivity index (χ0) is 20.0. The molecule has 0 bridgehead atoms. The lowest BCUT2D eigenvalue weighted by Gasteiger charge is -2.13. The molecule has 0 spiro atoms. The zero-order valence-electron chi connectivity index (χ0n) is 16.3. The summed E-state index contributed by atoms with van der Waals surface area (Å²) in [6.07, 6.45) is 2.15. The fraction of sp³-hybridized carbons (Fsp3) is 0.273. The Morgan fingerprint density at radius 2 is 2.00 bits per heavy atom. The molecule has 2 aromatic heterocycles. The standard InChI is InChI=1S/C22H21N5OS/c1-13-6-5-7-15(12-13)19-24-18-9-4-3-8-17(18)20-25-26-22(27(19)20)29-14(2)21(28)23-16-10-11-16/h3-9,12,14,16H,10-11H2,1-2H3,(H,23,28)/t14-/m1/s1. The smallest absolute Gasteiger partial charge is 0.233 e. The Balaban J connectivity index is 1.65. The first-order chi connectivity index (χ1) is 14.1. The van der Waals surface area contributed by atoms with Crippen LogP contribution in [0.25, 0.3) is 27.9 Å². The highest BCUT2D eigenvalue weighted by atomic mass is 32.2. The van der Waals surface area contributed by atoms with Gasteiger partial charge in [-0.3, -0.25) is 9.20 Å². The van der Waals surface area contributed by atoms with Crippen LogP contribution in [0.1, 0.15) is 25.3 Å². The first kappa shape index (κ1) is 18.1. The molecule has 1 fully saturated rings. The third-order valence-electron chi connectivity index (χ3n) is 5.07. The maximum absolute atomic E-state index is 12.5. The predicted molar refractivity (Wildman–Crippen MR) is 115 cm³/mol. The maximum Gasteiger partial charge on any atom is 0.233 e. The van der Waals surface area contributed by atoms with E-state index in [1.807, 2.05) is 47.7 Å². The number of aryl methyl sites for hydroxylation is 1. The van der Waals surface area contributed by atoms with Crippen molar-refractivity contribution in [2.45, 2.75) is 43.1 Å². The molecule has 5 rings (SSSR count). The molecule has 0 aliphatic heterocycles. The highest BCUT2D eigenvalue weighted by Crippen LogP contribution is 2.31. The van der Waals surface area contributed by atoms with Gasteiger partial charge < -0.3 is 5.32 Å². The molecule has 1 aliphatic rings. The number of benzene rings is 2. The van der Waals surface area contributed by atoms with Crippen molar-refractivity contribution in [3.63, 3.8) is 0 Å². The second-order valence-electron chi connectivity index (χ2n) is 7.51. The van der Waals surface area contributed by atoms with Crippen molar-refractivity contribution < 1.29 is 4.79 Å². The van der Waals surface area contributed by atoms with E-state index in [2.05, 4.69) is 34.6 Å². The number of fused-ring (bicyclic) bond motifs is 3. The summed E-state index contributed by atoms with van der Waals surface area (Å²) in [4.78, 5) is 17.4. The van der Waals surface area contributed by atoms with Crippen LogP contribution in [0, 0.1) is 6.92 Å². The predicted octanol–water partition coefficient (Wildman–Crippen LogP) is 4.01. The number of carbonyl (C=O) groups excluding carboxylic acids is 1. The fourth-order valence-electron chi connectivity index (χ4n) is 3.37. The Bertz CT molecular complexity index is 1230. The van der Waals surface area contributed by atoms with Crippen molar-refractivity contribution in [3.05, 3.63) is 54.1 Å². The topological polar surface area (TPSA) is 72.2 Å². The van der Waals surface area contributed by atoms with Crippen molar-refractivity contribution in [1.29, 1.82) is 0 Å². The minimum Gasteiger partial charge on any atom is -0.352 e. The van der Waals surface area contributed by atoms with Gasteiger partial charge >= 0.3 is 0 Å². The summed E-state index contributed by atoms with van der Waals surface area (Å²) in [5.41, 5.74) is 3.78. The van der Waals surface area contributed by atoms with Crippen LogP contribution in [0.3, 0.4) is 0 Å². The Morgan fingerprint density at radius 1 is 1.17 bits per heavy atom. The Hall–Kier alpha value is -2.93. The number of para-hydroxylation sites is 1. The lowest BCUT2D eigenvalue weighted by atomic mass is 10.1. The number of rotatable bonds is 5. The van der Waals surface area contributed by atoms with Gasteiger partial charge in [-0.2, -0.15) is 0 Å². The molecule has 1 N–H and O–H groups in total. The lowest BCUT2D eigenvalue weighted by Crippen LogP contribution is -2.32. The minimum absolute atomic E-state index is 0.0418. The second kappa shape index (κ2) is 7.15. The van der Waals surface area contributed by atoms with Crippen LogP contribution in [0.5, 0.6) is 0 Å². The lowest BCUT2D eigenvalue weighted by molar-refractivity contribution is -0.120. The molecule has 2 heterocycles. The molecule has 6 nitrogen and oxygen atoms in total. The summed E-state index contributed by atoms with van der Waals surface area (Å²) in [6, 6.07) is 16.5. The van der Waals surface area contributed by atoms with Gasteiger partial charge in [0.1, 0.15) is 5.82 Å². The van der Waals surface area contributed by atoms with Gasteiger partial charge in [0, 0.05) is 17.0 Å². The average molecular weight is 404 g/mol. The van der Waals surface area contributed by atoms with Crippen LogP contribution in [-0.2, 0) is 4.79 Å².